The van der Waals surface area contributed by atoms with E-state index in [4.69, 9.17) is 9.47 Å². The van der Waals surface area contributed by atoms with Crippen molar-refractivity contribution >= 4 is 29.9 Å². The van der Waals surface area contributed by atoms with Gasteiger partial charge in [0.15, 0.2) is 5.96 Å². The number of benzene rings is 1. The molecule has 1 heterocycles. The van der Waals surface area contributed by atoms with Gasteiger partial charge in [0.05, 0.1) is 19.3 Å². The van der Waals surface area contributed by atoms with Crippen molar-refractivity contribution in [3.8, 4) is 0 Å². The summed E-state index contributed by atoms with van der Waals surface area (Å²) in [5.74, 6) is 0.826. The van der Waals surface area contributed by atoms with Gasteiger partial charge >= 0.3 is 0 Å². The van der Waals surface area contributed by atoms with Crippen molar-refractivity contribution in [2.45, 2.75) is 51.4 Å². The normalized spacial score (nSPS) is 19.2. The number of guanidine groups is 1. The third-order valence-electron chi connectivity index (χ3n) is 4.96. The second-order valence-corrected chi connectivity index (χ2v) is 7.40. The summed E-state index contributed by atoms with van der Waals surface area (Å²) in [7, 11) is 3.98. The summed E-state index contributed by atoms with van der Waals surface area (Å²) in [5.41, 5.74) is 1.35. The van der Waals surface area contributed by atoms with E-state index in [1.807, 2.05) is 0 Å². The molecule has 160 valence electrons. The van der Waals surface area contributed by atoms with Gasteiger partial charge in [-0.05, 0) is 39.3 Å². The van der Waals surface area contributed by atoms with Crippen molar-refractivity contribution in [3.05, 3.63) is 35.9 Å². The minimum absolute atomic E-state index is 0. The van der Waals surface area contributed by atoms with Gasteiger partial charge in [0.1, 0.15) is 0 Å². The quantitative estimate of drug-likeness (QED) is 0.292. The molecule has 0 spiro atoms. The standard InChI is InChI=1S/C21H36N4O2.HI/c1-17(15-27-20-11-13-26-16-20)24-21(22-3)23-12-10-18(2)25(4)14-19-8-6-5-7-9-19;/h5-9,17-18,20H,10-16H2,1-4H3,(H2,22,23,24);1H. The van der Waals surface area contributed by atoms with Gasteiger partial charge in [-0.15, -0.1) is 24.0 Å². The summed E-state index contributed by atoms with van der Waals surface area (Å²) in [6.45, 7) is 8.41. The molecule has 0 bridgehead atoms. The highest BCUT2D eigenvalue weighted by atomic mass is 127. The molecule has 1 aliphatic heterocycles. The molecule has 6 nitrogen and oxygen atoms in total. The maximum Gasteiger partial charge on any atom is 0.191 e. The van der Waals surface area contributed by atoms with Gasteiger partial charge in [0, 0.05) is 38.8 Å². The zero-order valence-electron chi connectivity index (χ0n) is 17.7. The Balaban J connectivity index is 0.00000392. The van der Waals surface area contributed by atoms with Crippen LogP contribution < -0.4 is 10.6 Å². The van der Waals surface area contributed by atoms with E-state index < -0.39 is 0 Å². The Kier molecular flexibility index (Phi) is 12.7. The highest BCUT2D eigenvalue weighted by Gasteiger charge is 2.17. The van der Waals surface area contributed by atoms with Crippen molar-refractivity contribution in [3.63, 3.8) is 0 Å². The molecule has 0 aliphatic carbocycles. The van der Waals surface area contributed by atoms with Crippen molar-refractivity contribution in [2.75, 3.05) is 40.5 Å². The van der Waals surface area contributed by atoms with Crippen LogP contribution in [0, 0.1) is 0 Å². The van der Waals surface area contributed by atoms with E-state index in [2.05, 4.69) is 71.8 Å². The number of hydrogen-bond acceptors (Lipinski definition) is 4. The fourth-order valence-corrected chi connectivity index (χ4v) is 3.04. The Morgan fingerprint density at radius 2 is 2.07 bits per heavy atom. The molecule has 1 fully saturated rings. The van der Waals surface area contributed by atoms with Crippen molar-refractivity contribution in [1.82, 2.24) is 15.5 Å². The molecule has 0 aromatic heterocycles. The molecule has 0 saturated carbocycles. The number of nitrogens with one attached hydrogen (secondary N) is 2. The molecule has 0 radical (unpaired) electrons. The summed E-state index contributed by atoms with van der Waals surface area (Å²) in [4.78, 5) is 6.70. The Hall–Kier alpha value is -0.900. The van der Waals surface area contributed by atoms with Gasteiger partial charge < -0.3 is 20.1 Å². The maximum absolute atomic E-state index is 5.86. The maximum atomic E-state index is 5.86. The first-order valence-electron chi connectivity index (χ1n) is 9.99. The van der Waals surface area contributed by atoms with E-state index >= 15 is 0 Å². The van der Waals surface area contributed by atoms with E-state index in [0.717, 1.165) is 38.5 Å². The highest BCUT2D eigenvalue weighted by molar-refractivity contribution is 14.0. The van der Waals surface area contributed by atoms with Crippen LogP contribution in [0.5, 0.6) is 0 Å². The average molecular weight is 504 g/mol. The van der Waals surface area contributed by atoms with Crippen LogP contribution in [0.3, 0.4) is 0 Å². The number of hydrogen-bond donors (Lipinski definition) is 2. The number of ether oxygens (including phenoxy) is 2. The Morgan fingerprint density at radius 1 is 1.32 bits per heavy atom. The lowest BCUT2D eigenvalue weighted by Crippen LogP contribution is -2.45. The van der Waals surface area contributed by atoms with Crippen LogP contribution in [0.4, 0.5) is 0 Å². The van der Waals surface area contributed by atoms with Crippen LogP contribution in [0.15, 0.2) is 35.3 Å². The first-order valence-corrected chi connectivity index (χ1v) is 9.99. The van der Waals surface area contributed by atoms with Gasteiger partial charge in [-0.25, -0.2) is 0 Å². The molecule has 2 N–H and O–H groups in total. The van der Waals surface area contributed by atoms with Crippen LogP contribution in [-0.4, -0.2) is 69.5 Å². The lowest BCUT2D eigenvalue weighted by atomic mass is 10.1. The molecule has 1 aromatic carbocycles. The summed E-state index contributed by atoms with van der Waals surface area (Å²) in [5, 5.41) is 6.80. The molecule has 3 atom stereocenters. The third-order valence-corrected chi connectivity index (χ3v) is 4.96. The minimum atomic E-state index is 0. The van der Waals surface area contributed by atoms with Gasteiger partial charge in [-0.1, -0.05) is 30.3 Å². The molecule has 7 heteroatoms. The summed E-state index contributed by atoms with van der Waals surface area (Å²) in [6, 6.07) is 11.3. The van der Waals surface area contributed by atoms with Crippen LogP contribution in [-0.2, 0) is 16.0 Å². The van der Waals surface area contributed by atoms with Crippen molar-refractivity contribution < 1.29 is 9.47 Å². The number of halogens is 1. The molecule has 3 unspecified atom stereocenters. The van der Waals surface area contributed by atoms with Gasteiger partial charge in [-0.2, -0.15) is 0 Å². The lowest BCUT2D eigenvalue weighted by molar-refractivity contribution is 0.0347. The molecule has 2 rings (SSSR count). The van der Waals surface area contributed by atoms with Crippen molar-refractivity contribution in [1.29, 1.82) is 0 Å². The van der Waals surface area contributed by atoms with Crippen LogP contribution >= 0.6 is 24.0 Å². The Bertz CT molecular complexity index is 553. The molecular formula is C21H37IN4O2. The summed E-state index contributed by atoms with van der Waals surface area (Å²) in [6.07, 6.45) is 2.29. The number of nitrogens with zero attached hydrogens (tertiary/aromatic N) is 2. The summed E-state index contributed by atoms with van der Waals surface area (Å²) < 4.78 is 11.2. The predicted octanol–water partition coefficient (Wildman–Crippen LogP) is 2.87. The fraction of sp³-hybridized carbons (Fsp3) is 0.667. The molecule has 1 aromatic rings. The third kappa shape index (κ3) is 9.54. The molecule has 1 aliphatic rings. The molecular weight excluding hydrogens is 467 g/mol. The molecule has 1 saturated heterocycles. The van der Waals surface area contributed by atoms with Crippen LogP contribution in [0.1, 0.15) is 32.3 Å². The average Bonchev–Trinajstić information content (AvgIpc) is 3.19. The van der Waals surface area contributed by atoms with E-state index in [9.17, 15) is 0 Å². The summed E-state index contributed by atoms with van der Waals surface area (Å²) >= 11 is 0. The van der Waals surface area contributed by atoms with Crippen LogP contribution in [0.25, 0.3) is 0 Å². The number of aliphatic imine (C=N–C) groups is 1. The van der Waals surface area contributed by atoms with Crippen molar-refractivity contribution in [2.24, 2.45) is 4.99 Å². The topological polar surface area (TPSA) is 58.1 Å². The predicted molar refractivity (Wildman–Crippen MR) is 127 cm³/mol. The zero-order chi connectivity index (χ0) is 19.5. The first kappa shape index (κ1) is 25.1. The fourth-order valence-electron chi connectivity index (χ4n) is 3.04. The zero-order valence-corrected chi connectivity index (χ0v) is 20.0. The second-order valence-electron chi connectivity index (χ2n) is 7.40. The van der Waals surface area contributed by atoms with Crippen LogP contribution in [0.2, 0.25) is 0 Å². The smallest absolute Gasteiger partial charge is 0.191 e. The van der Waals surface area contributed by atoms with E-state index in [0.29, 0.717) is 19.3 Å². The monoisotopic (exact) mass is 504 g/mol. The SMILES string of the molecule is CN=C(NCCC(C)N(C)Cc1ccccc1)NC(C)COC1CCOC1.I. The van der Waals surface area contributed by atoms with E-state index in [1.165, 1.54) is 5.56 Å². The minimum Gasteiger partial charge on any atom is -0.379 e. The Labute approximate surface area is 187 Å². The second kappa shape index (κ2) is 14.1. The molecule has 0 amide bonds. The first-order chi connectivity index (χ1) is 13.1. The molecule has 28 heavy (non-hydrogen) atoms. The van der Waals surface area contributed by atoms with E-state index in [1.54, 1.807) is 7.05 Å². The van der Waals surface area contributed by atoms with E-state index in [-0.39, 0.29) is 36.1 Å². The van der Waals surface area contributed by atoms with Gasteiger partial charge in [-0.3, -0.25) is 9.89 Å². The number of rotatable bonds is 10. The Morgan fingerprint density at radius 3 is 2.71 bits per heavy atom. The lowest BCUT2D eigenvalue weighted by Gasteiger charge is -2.25. The van der Waals surface area contributed by atoms with Gasteiger partial charge in [0.25, 0.3) is 0 Å². The largest absolute Gasteiger partial charge is 0.379 e. The highest BCUT2D eigenvalue weighted by Crippen LogP contribution is 2.09. The van der Waals surface area contributed by atoms with Gasteiger partial charge in [0.2, 0.25) is 0 Å².